The summed E-state index contributed by atoms with van der Waals surface area (Å²) in [5.74, 6) is 0.809. The van der Waals surface area contributed by atoms with Gasteiger partial charge in [-0.3, -0.25) is 9.59 Å². The summed E-state index contributed by atoms with van der Waals surface area (Å²) < 4.78 is 12.8. The average molecular weight is 523 g/mol. The zero-order valence-electron chi connectivity index (χ0n) is 16.3. The summed E-state index contributed by atoms with van der Waals surface area (Å²) in [5, 5.41) is 3.50. The Kier molecular flexibility index (Phi) is 6.80. The molecule has 0 unspecified atom stereocenters. The monoisotopic (exact) mass is 521 g/mol. The summed E-state index contributed by atoms with van der Waals surface area (Å²) in [4.78, 5) is 25.5. The van der Waals surface area contributed by atoms with Crippen molar-refractivity contribution in [2.45, 2.75) is 32.7 Å². The lowest BCUT2D eigenvalue weighted by molar-refractivity contribution is -0.121. The van der Waals surface area contributed by atoms with Crippen molar-refractivity contribution >= 4 is 54.5 Å². The van der Waals surface area contributed by atoms with E-state index in [2.05, 4.69) is 37.2 Å². The molecule has 2 aromatic carbocycles. The van der Waals surface area contributed by atoms with Gasteiger partial charge in [0.25, 0.3) is 0 Å². The first-order valence-corrected chi connectivity index (χ1v) is 10.8. The third kappa shape index (κ3) is 4.56. The Labute approximate surface area is 186 Å². The number of halogens is 2. The molecule has 0 saturated heterocycles. The predicted molar refractivity (Wildman–Crippen MR) is 120 cm³/mol. The third-order valence-electron chi connectivity index (χ3n) is 4.40. The van der Waals surface area contributed by atoms with Crippen molar-refractivity contribution in [2.24, 2.45) is 0 Å². The summed E-state index contributed by atoms with van der Waals surface area (Å²) >= 11 is 7.03. The Hall–Kier alpha value is -2.12. The number of benzene rings is 2. The van der Waals surface area contributed by atoms with E-state index in [1.54, 1.807) is 25.3 Å². The molecular weight excluding hydrogens is 502 g/mol. The van der Waals surface area contributed by atoms with Crippen molar-refractivity contribution in [1.29, 1.82) is 0 Å². The molecule has 29 heavy (non-hydrogen) atoms. The minimum atomic E-state index is -0.159. The van der Waals surface area contributed by atoms with Gasteiger partial charge in [-0.25, -0.2) is 0 Å². The van der Waals surface area contributed by atoms with Crippen LogP contribution in [0.15, 0.2) is 49.8 Å². The number of furan rings is 1. The third-order valence-corrected chi connectivity index (χ3v) is 5.74. The number of fused-ring (bicyclic) bond motifs is 1. The smallest absolute Gasteiger partial charge is 0.220 e. The molecule has 0 spiro atoms. The van der Waals surface area contributed by atoms with Gasteiger partial charge in [0.15, 0.2) is 5.78 Å². The number of carbonyl (C=O) groups excluding carboxylic acids is 2. The number of aryl methyl sites for hydroxylation is 1. The zero-order valence-corrected chi connectivity index (χ0v) is 19.5. The summed E-state index contributed by atoms with van der Waals surface area (Å²) in [6.07, 6.45) is 0.538. The lowest BCUT2D eigenvalue weighted by atomic mass is 9.98. The largest absolute Gasteiger partial charge is 0.494 e. The van der Waals surface area contributed by atoms with Gasteiger partial charge in [-0.2, -0.15) is 0 Å². The van der Waals surface area contributed by atoms with Gasteiger partial charge in [0.05, 0.1) is 21.6 Å². The molecule has 1 N–H and O–H groups in total. The van der Waals surface area contributed by atoms with Crippen LogP contribution in [0.25, 0.3) is 11.0 Å². The summed E-state index contributed by atoms with van der Waals surface area (Å²) in [7, 11) is 1.56. The minimum absolute atomic E-state index is 0.0537. The van der Waals surface area contributed by atoms with Crippen LogP contribution in [0.4, 0.5) is 0 Å². The van der Waals surface area contributed by atoms with Gasteiger partial charge in [-0.1, -0.05) is 30.3 Å². The molecule has 0 aliphatic rings. The van der Waals surface area contributed by atoms with E-state index in [0.717, 1.165) is 0 Å². The molecule has 7 heteroatoms. The Morgan fingerprint density at radius 1 is 1.17 bits per heavy atom. The lowest BCUT2D eigenvalue weighted by Gasteiger charge is -2.09. The normalized spacial score (nSPS) is 11.1. The molecule has 0 aliphatic heterocycles. The molecule has 152 valence electrons. The molecule has 0 saturated carbocycles. The fourth-order valence-corrected chi connectivity index (χ4v) is 4.78. The van der Waals surface area contributed by atoms with Crippen LogP contribution in [0.1, 0.15) is 41.9 Å². The van der Waals surface area contributed by atoms with Crippen LogP contribution >= 0.6 is 31.9 Å². The van der Waals surface area contributed by atoms with Crippen LogP contribution in [0, 0.1) is 0 Å². The number of methoxy groups -OCH3 is 1. The summed E-state index contributed by atoms with van der Waals surface area (Å²) in [5.41, 5.74) is 1.54. The predicted octanol–water partition coefficient (Wildman–Crippen LogP) is 5.65. The van der Waals surface area contributed by atoms with Crippen molar-refractivity contribution in [3.63, 3.8) is 0 Å². The Bertz CT molecular complexity index is 1060. The second-order valence-corrected chi connectivity index (χ2v) is 8.54. The van der Waals surface area contributed by atoms with Crippen LogP contribution in [0.3, 0.4) is 0 Å². The second-order valence-electron chi connectivity index (χ2n) is 6.90. The first kappa shape index (κ1) is 21.6. The number of hydrogen-bond acceptors (Lipinski definition) is 4. The molecular formula is C22H21Br2NO4. The molecule has 0 bridgehead atoms. The van der Waals surface area contributed by atoms with Crippen molar-refractivity contribution in [2.75, 3.05) is 7.11 Å². The first-order valence-electron chi connectivity index (χ1n) is 9.20. The van der Waals surface area contributed by atoms with Crippen molar-refractivity contribution in [1.82, 2.24) is 5.32 Å². The lowest BCUT2D eigenvalue weighted by Crippen LogP contribution is -2.30. The summed E-state index contributed by atoms with van der Waals surface area (Å²) in [6, 6.07) is 10.9. The maximum absolute atomic E-state index is 13.4. The van der Waals surface area contributed by atoms with E-state index in [9.17, 15) is 9.59 Å². The van der Waals surface area contributed by atoms with Gasteiger partial charge >= 0.3 is 0 Å². The standard InChI is InChI=1S/C22H21Br2NO4/c1-12(2)25-17(26)10-9-15-19(21(27)13-7-5-4-6-8-13)18-16(29-15)11-14(23)22(28-3)20(18)24/h4-8,11-12H,9-10H2,1-3H3,(H,25,26). The highest BCUT2D eigenvalue weighted by Gasteiger charge is 2.26. The van der Waals surface area contributed by atoms with Crippen molar-refractivity contribution in [3.8, 4) is 5.75 Å². The molecule has 5 nitrogen and oxygen atoms in total. The minimum Gasteiger partial charge on any atom is -0.494 e. The van der Waals surface area contributed by atoms with Crippen molar-refractivity contribution < 1.29 is 18.7 Å². The Balaban J connectivity index is 2.13. The maximum atomic E-state index is 13.4. The highest BCUT2D eigenvalue weighted by molar-refractivity contribution is 9.11. The van der Waals surface area contributed by atoms with Gasteiger partial charge in [0, 0.05) is 29.8 Å². The Morgan fingerprint density at radius 3 is 2.48 bits per heavy atom. The number of ketones is 1. The van der Waals surface area contributed by atoms with Crippen LogP contribution in [0.5, 0.6) is 5.75 Å². The molecule has 1 aromatic heterocycles. The van der Waals surface area contributed by atoms with E-state index < -0.39 is 0 Å². The summed E-state index contributed by atoms with van der Waals surface area (Å²) in [6.45, 7) is 3.81. The molecule has 1 amide bonds. The van der Waals surface area contributed by atoms with E-state index in [4.69, 9.17) is 9.15 Å². The molecule has 0 fully saturated rings. The van der Waals surface area contributed by atoms with Crippen LogP contribution in [0.2, 0.25) is 0 Å². The van der Waals surface area contributed by atoms with E-state index in [-0.39, 0.29) is 24.2 Å². The number of ether oxygens (including phenoxy) is 1. The van der Waals surface area contributed by atoms with Gasteiger partial charge in [-0.05, 0) is 51.8 Å². The second kappa shape index (κ2) is 9.13. The molecule has 1 heterocycles. The molecule has 3 aromatic rings. The van der Waals surface area contributed by atoms with Crippen LogP contribution in [-0.2, 0) is 11.2 Å². The van der Waals surface area contributed by atoms with E-state index in [0.29, 0.717) is 49.0 Å². The molecule has 0 radical (unpaired) electrons. The number of rotatable bonds is 7. The number of hydrogen-bond donors (Lipinski definition) is 1. The molecule has 3 rings (SSSR count). The zero-order chi connectivity index (χ0) is 21.1. The quantitative estimate of drug-likeness (QED) is 0.407. The highest BCUT2D eigenvalue weighted by atomic mass is 79.9. The fraction of sp³-hybridized carbons (Fsp3) is 0.273. The highest BCUT2D eigenvalue weighted by Crippen LogP contribution is 2.43. The number of nitrogens with one attached hydrogen (secondary N) is 1. The van der Waals surface area contributed by atoms with Gasteiger partial charge in [-0.15, -0.1) is 0 Å². The molecule has 0 atom stereocenters. The van der Waals surface area contributed by atoms with Crippen LogP contribution < -0.4 is 10.1 Å². The van der Waals surface area contributed by atoms with Crippen molar-refractivity contribution in [3.05, 3.63) is 62.2 Å². The first-order chi connectivity index (χ1) is 13.8. The molecule has 0 aliphatic carbocycles. The van der Waals surface area contributed by atoms with Crippen LogP contribution in [-0.4, -0.2) is 24.8 Å². The van der Waals surface area contributed by atoms with E-state index in [1.807, 2.05) is 32.0 Å². The van der Waals surface area contributed by atoms with Gasteiger partial charge < -0.3 is 14.5 Å². The topological polar surface area (TPSA) is 68.5 Å². The SMILES string of the molecule is COc1c(Br)cc2oc(CCC(=O)NC(C)C)c(C(=O)c3ccccc3)c2c1Br. The maximum Gasteiger partial charge on any atom is 0.220 e. The van der Waals surface area contributed by atoms with Gasteiger partial charge in [0.1, 0.15) is 17.1 Å². The van der Waals surface area contributed by atoms with Gasteiger partial charge in [0.2, 0.25) is 5.91 Å². The Morgan fingerprint density at radius 2 is 1.86 bits per heavy atom. The number of amides is 1. The van der Waals surface area contributed by atoms with E-state index >= 15 is 0 Å². The number of carbonyl (C=O) groups is 2. The fourth-order valence-electron chi connectivity index (χ4n) is 3.17. The average Bonchev–Trinajstić information content (AvgIpc) is 3.04. The van der Waals surface area contributed by atoms with E-state index in [1.165, 1.54) is 0 Å².